The summed E-state index contributed by atoms with van der Waals surface area (Å²) in [6.07, 6.45) is 3.51. The van der Waals surface area contributed by atoms with Crippen LogP contribution in [0.3, 0.4) is 0 Å². The standard InChI is InChI=1S/C11H11Cl3N2O/c12-3-1-2-4-15-11(17)16-10-6-8(13)5-9(14)7-10/h1-2,5-7H,3-4H2,(H2,15,16,17)/b2-1+. The zero-order chi connectivity index (χ0) is 12.7. The van der Waals surface area contributed by atoms with Gasteiger partial charge in [0.1, 0.15) is 0 Å². The Morgan fingerprint density at radius 1 is 1.18 bits per heavy atom. The zero-order valence-electron chi connectivity index (χ0n) is 8.84. The number of alkyl halides is 1. The molecule has 0 radical (unpaired) electrons. The van der Waals surface area contributed by atoms with Gasteiger partial charge in [0, 0.05) is 28.2 Å². The lowest BCUT2D eigenvalue weighted by Gasteiger charge is -2.06. The number of allylic oxidation sites excluding steroid dienone is 1. The topological polar surface area (TPSA) is 41.1 Å². The number of amides is 2. The molecule has 92 valence electrons. The third-order valence-electron chi connectivity index (χ3n) is 1.76. The SMILES string of the molecule is O=C(NC/C=C/CCl)Nc1cc(Cl)cc(Cl)c1. The van der Waals surface area contributed by atoms with Crippen LogP contribution >= 0.6 is 34.8 Å². The van der Waals surface area contributed by atoms with Gasteiger partial charge in [0.25, 0.3) is 0 Å². The Morgan fingerprint density at radius 3 is 2.41 bits per heavy atom. The summed E-state index contributed by atoms with van der Waals surface area (Å²) in [4.78, 5) is 11.4. The third-order valence-corrected chi connectivity index (χ3v) is 2.37. The number of nitrogens with one attached hydrogen (secondary N) is 2. The van der Waals surface area contributed by atoms with E-state index in [0.29, 0.717) is 28.2 Å². The van der Waals surface area contributed by atoms with Gasteiger partial charge in [-0.25, -0.2) is 4.79 Å². The predicted octanol–water partition coefficient (Wildman–Crippen LogP) is 3.91. The zero-order valence-corrected chi connectivity index (χ0v) is 11.1. The second-order valence-corrected chi connectivity index (χ2v) is 4.30. The Morgan fingerprint density at radius 2 is 1.82 bits per heavy atom. The Labute approximate surface area is 115 Å². The van der Waals surface area contributed by atoms with Crippen molar-refractivity contribution in [3.8, 4) is 0 Å². The first-order chi connectivity index (χ1) is 8.11. The van der Waals surface area contributed by atoms with Crippen LogP contribution in [0.5, 0.6) is 0 Å². The smallest absolute Gasteiger partial charge is 0.319 e. The molecule has 2 N–H and O–H groups in total. The molecule has 6 heteroatoms. The number of anilines is 1. The molecule has 0 aliphatic rings. The van der Waals surface area contributed by atoms with Gasteiger partial charge < -0.3 is 10.6 Å². The summed E-state index contributed by atoms with van der Waals surface area (Å²) in [6.45, 7) is 0.410. The average Bonchev–Trinajstić information content (AvgIpc) is 2.23. The van der Waals surface area contributed by atoms with Crippen LogP contribution in [0.25, 0.3) is 0 Å². The molecule has 0 heterocycles. The first-order valence-corrected chi connectivity index (χ1v) is 6.13. The lowest BCUT2D eigenvalue weighted by atomic mass is 10.3. The van der Waals surface area contributed by atoms with Crippen LogP contribution in [0.4, 0.5) is 10.5 Å². The van der Waals surface area contributed by atoms with Crippen molar-refractivity contribution in [3.63, 3.8) is 0 Å². The van der Waals surface area contributed by atoms with E-state index >= 15 is 0 Å². The first kappa shape index (κ1) is 14.2. The number of carbonyl (C=O) groups is 1. The van der Waals surface area contributed by atoms with Crippen LogP contribution in [-0.2, 0) is 0 Å². The molecular formula is C11H11Cl3N2O. The van der Waals surface area contributed by atoms with Crippen LogP contribution in [-0.4, -0.2) is 18.5 Å². The van der Waals surface area contributed by atoms with Crippen molar-refractivity contribution in [2.75, 3.05) is 17.7 Å². The number of hydrogen-bond donors (Lipinski definition) is 2. The minimum absolute atomic E-state index is 0.331. The van der Waals surface area contributed by atoms with Crippen molar-refractivity contribution in [1.29, 1.82) is 0 Å². The van der Waals surface area contributed by atoms with Crippen molar-refractivity contribution in [3.05, 3.63) is 40.4 Å². The van der Waals surface area contributed by atoms with Gasteiger partial charge in [-0.05, 0) is 18.2 Å². The van der Waals surface area contributed by atoms with Crippen LogP contribution in [0.15, 0.2) is 30.4 Å². The average molecular weight is 294 g/mol. The van der Waals surface area contributed by atoms with Gasteiger partial charge in [-0.3, -0.25) is 0 Å². The molecule has 2 amide bonds. The maximum atomic E-state index is 11.4. The van der Waals surface area contributed by atoms with Crippen LogP contribution < -0.4 is 10.6 Å². The Kier molecular flexibility index (Phi) is 6.19. The molecule has 0 saturated carbocycles. The molecule has 0 aromatic heterocycles. The number of benzene rings is 1. The van der Waals surface area contributed by atoms with E-state index in [9.17, 15) is 4.79 Å². The summed E-state index contributed by atoms with van der Waals surface area (Å²) in [7, 11) is 0. The van der Waals surface area contributed by atoms with E-state index in [-0.39, 0.29) is 6.03 Å². The molecule has 0 aliphatic carbocycles. The van der Waals surface area contributed by atoms with Gasteiger partial charge in [-0.2, -0.15) is 0 Å². The highest BCUT2D eigenvalue weighted by Crippen LogP contribution is 2.22. The van der Waals surface area contributed by atoms with Crippen molar-refractivity contribution >= 4 is 46.5 Å². The van der Waals surface area contributed by atoms with E-state index in [1.165, 1.54) is 0 Å². The van der Waals surface area contributed by atoms with E-state index < -0.39 is 0 Å². The maximum Gasteiger partial charge on any atom is 0.319 e. The summed E-state index contributed by atoms with van der Waals surface area (Å²) < 4.78 is 0. The molecule has 17 heavy (non-hydrogen) atoms. The number of rotatable bonds is 4. The summed E-state index contributed by atoms with van der Waals surface area (Å²) in [5.74, 6) is 0.424. The highest BCUT2D eigenvalue weighted by molar-refractivity contribution is 6.35. The quantitative estimate of drug-likeness (QED) is 0.641. The number of hydrogen-bond acceptors (Lipinski definition) is 1. The molecule has 3 nitrogen and oxygen atoms in total. The Hall–Kier alpha value is -0.900. The Balaban J connectivity index is 2.47. The van der Waals surface area contributed by atoms with E-state index in [1.807, 2.05) is 0 Å². The second-order valence-electron chi connectivity index (χ2n) is 3.12. The number of urea groups is 1. The fourth-order valence-electron chi connectivity index (χ4n) is 1.10. The number of halogens is 3. The highest BCUT2D eigenvalue weighted by Gasteiger charge is 2.02. The van der Waals surface area contributed by atoms with Crippen molar-refractivity contribution in [1.82, 2.24) is 5.32 Å². The minimum Gasteiger partial charge on any atom is -0.334 e. The van der Waals surface area contributed by atoms with Crippen LogP contribution in [0, 0.1) is 0 Å². The molecule has 0 atom stereocenters. The molecule has 0 saturated heterocycles. The number of carbonyl (C=O) groups excluding carboxylic acids is 1. The van der Waals surface area contributed by atoms with Gasteiger partial charge in [0.2, 0.25) is 0 Å². The van der Waals surface area contributed by atoms with Gasteiger partial charge in [0.15, 0.2) is 0 Å². The normalized spacial score (nSPS) is 10.5. The van der Waals surface area contributed by atoms with Gasteiger partial charge in [-0.1, -0.05) is 35.4 Å². The maximum absolute atomic E-state index is 11.4. The van der Waals surface area contributed by atoms with E-state index in [4.69, 9.17) is 34.8 Å². The molecule has 0 bridgehead atoms. The van der Waals surface area contributed by atoms with E-state index in [1.54, 1.807) is 30.4 Å². The lowest BCUT2D eigenvalue weighted by Crippen LogP contribution is -2.28. The van der Waals surface area contributed by atoms with Crippen molar-refractivity contribution in [2.45, 2.75) is 0 Å². The molecule has 0 aliphatic heterocycles. The molecule has 1 aromatic carbocycles. The van der Waals surface area contributed by atoms with Gasteiger partial charge in [-0.15, -0.1) is 11.6 Å². The van der Waals surface area contributed by atoms with Crippen LogP contribution in [0.2, 0.25) is 10.0 Å². The lowest BCUT2D eigenvalue weighted by molar-refractivity contribution is 0.253. The molecule has 0 unspecified atom stereocenters. The third kappa shape index (κ3) is 5.82. The van der Waals surface area contributed by atoms with Gasteiger partial charge in [0.05, 0.1) is 0 Å². The summed E-state index contributed by atoms with van der Waals surface area (Å²) in [5, 5.41) is 6.17. The van der Waals surface area contributed by atoms with E-state index in [2.05, 4.69) is 10.6 Å². The van der Waals surface area contributed by atoms with Crippen molar-refractivity contribution < 1.29 is 4.79 Å². The van der Waals surface area contributed by atoms with Crippen LogP contribution in [0.1, 0.15) is 0 Å². The molecule has 0 fully saturated rings. The first-order valence-electron chi connectivity index (χ1n) is 4.83. The molecular weight excluding hydrogens is 282 g/mol. The fraction of sp³-hybridized carbons (Fsp3) is 0.182. The molecule has 1 aromatic rings. The molecule has 0 spiro atoms. The predicted molar refractivity (Wildman–Crippen MR) is 73.3 cm³/mol. The summed E-state index contributed by atoms with van der Waals surface area (Å²) >= 11 is 17.0. The molecule has 1 rings (SSSR count). The van der Waals surface area contributed by atoms with Crippen molar-refractivity contribution in [2.24, 2.45) is 0 Å². The Bertz CT molecular complexity index is 401. The monoisotopic (exact) mass is 292 g/mol. The van der Waals surface area contributed by atoms with E-state index in [0.717, 1.165) is 0 Å². The summed E-state index contributed by atoms with van der Waals surface area (Å²) in [6, 6.07) is 4.49. The fourth-order valence-corrected chi connectivity index (χ4v) is 1.75. The second kappa shape index (κ2) is 7.43. The largest absolute Gasteiger partial charge is 0.334 e. The van der Waals surface area contributed by atoms with Gasteiger partial charge >= 0.3 is 6.03 Å². The summed E-state index contributed by atoms with van der Waals surface area (Å²) in [5.41, 5.74) is 0.543. The minimum atomic E-state index is -0.331. The highest BCUT2D eigenvalue weighted by atomic mass is 35.5.